The van der Waals surface area contributed by atoms with Crippen LogP contribution in [-0.4, -0.2) is 12.5 Å². The van der Waals surface area contributed by atoms with Crippen molar-refractivity contribution < 1.29 is 23.1 Å². The highest BCUT2D eigenvalue weighted by Gasteiger charge is 2.30. The summed E-state index contributed by atoms with van der Waals surface area (Å²) in [6.45, 7) is -0.679. The molecule has 0 atom stereocenters. The lowest BCUT2D eigenvalue weighted by Gasteiger charge is -2.20. The summed E-state index contributed by atoms with van der Waals surface area (Å²) in [5, 5.41) is 10.9. The zero-order valence-corrected chi connectivity index (χ0v) is 7.99. The smallest absolute Gasteiger partial charge is 0.416 e. The third-order valence-corrected chi connectivity index (χ3v) is 1.80. The summed E-state index contributed by atoms with van der Waals surface area (Å²) < 4.78 is 36.9. The number of halogens is 3. The van der Waals surface area contributed by atoms with Crippen LogP contribution >= 0.6 is 0 Å². The molecule has 16 heavy (non-hydrogen) atoms. The average molecular weight is 233 g/mol. The van der Waals surface area contributed by atoms with Crippen LogP contribution in [0.5, 0.6) is 0 Å². The lowest BCUT2D eigenvalue weighted by molar-refractivity contribution is -0.303. The molecular weight excluding hydrogens is 225 g/mol. The Morgan fingerprint density at radius 1 is 1.44 bits per heavy atom. The molecule has 88 valence electrons. The molecule has 1 rings (SSSR count). The van der Waals surface area contributed by atoms with Crippen molar-refractivity contribution in [3.05, 3.63) is 29.8 Å². The molecular formula is C9H8F3N2O2-. The quantitative estimate of drug-likeness (QED) is 0.595. The molecule has 0 aliphatic rings. The number of carboxylic acids is 1. The van der Waals surface area contributed by atoms with Gasteiger partial charge in [-0.05, 0) is 18.2 Å². The molecule has 2 N–H and O–H groups in total. The molecule has 0 aliphatic heterocycles. The number of hydrogen-bond donors (Lipinski definition) is 1. The van der Waals surface area contributed by atoms with Crippen LogP contribution in [0.25, 0.3) is 0 Å². The molecule has 4 nitrogen and oxygen atoms in total. The number of carbonyl (C=O) groups excluding carboxylic acids is 1. The van der Waals surface area contributed by atoms with Gasteiger partial charge in [-0.3, -0.25) is 0 Å². The summed E-state index contributed by atoms with van der Waals surface area (Å²) in [6.07, 6.45) is -4.49. The molecule has 0 saturated heterocycles. The third-order valence-electron chi connectivity index (χ3n) is 1.80. The van der Waals surface area contributed by atoms with Gasteiger partial charge in [0, 0.05) is 0 Å². The van der Waals surface area contributed by atoms with E-state index in [-0.39, 0.29) is 5.69 Å². The van der Waals surface area contributed by atoms with Crippen molar-refractivity contribution in [3.8, 4) is 0 Å². The topological polar surface area (TPSA) is 69.4 Å². The molecule has 0 heterocycles. The second-order valence-corrected chi connectivity index (χ2v) is 3.05. The first-order valence-corrected chi connectivity index (χ1v) is 4.20. The van der Waals surface area contributed by atoms with E-state index in [2.05, 4.69) is 0 Å². The fourth-order valence-corrected chi connectivity index (χ4v) is 1.09. The van der Waals surface area contributed by atoms with Crippen LogP contribution in [0, 0.1) is 0 Å². The van der Waals surface area contributed by atoms with E-state index >= 15 is 0 Å². The highest BCUT2D eigenvalue weighted by Crippen LogP contribution is 2.31. The third kappa shape index (κ3) is 3.13. The van der Waals surface area contributed by atoms with Crippen molar-refractivity contribution in [2.45, 2.75) is 6.18 Å². The van der Waals surface area contributed by atoms with Gasteiger partial charge in [0.05, 0.1) is 23.8 Å². The Hall–Kier alpha value is -1.76. The summed E-state index contributed by atoms with van der Waals surface area (Å²) in [6, 6.07) is 4.06. The first kappa shape index (κ1) is 12.3. The SMILES string of the molecule is NN(CC(=O)[O-])c1cccc(C(F)(F)F)c1. The number of benzene rings is 1. The minimum absolute atomic E-state index is 0.0426. The predicted octanol–water partition coefficient (Wildman–Crippen LogP) is 0.135. The van der Waals surface area contributed by atoms with Crippen LogP contribution in [0.4, 0.5) is 18.9 Å². The second-order valence-electron chi connectivity index (χ2n) is 3.05. The zero-order chi connectivity index (χ0) is 12.3. The van der Waals surface area contributed by atoms with Gasteiger partial charge in [-0.25, -0.2) is 5.84 Å². The maximum Gasteiger partial charge on any atom is 0.416 e. The first-order chi connectivity index (χ1) is 7.30. The van der Waals surface area contributed by atoms with Crippen LogP contribution in [0.15, 0.2) is 24.3 Å². The summed E-state index contributed by atoms with van der Waals surface area (Å²) in [7, 11) is 0. The number of nitrogens with two attached hydrogens (primary N) is 1. The van der Waals surface area contributed by atoms with Crippen LogP contribution in [0.3, 0.4) is 0 Å². The molecule has 0 radical (unpaired) electrons. The van der Waals surface area contributed by atoms with Crippen molar-refractivity contribution in [2.24, 2.45) is 5.84 Å². The van der Waals surface area contributed by atoms with Crippen LogP contribution < -0.4 is 16.0 Å². The van der Waals surface area contributed by atoms with Crippen molar-refractivity contribution in [1.29, 1.82) is 0 Å². The van der Waals surface area contributed by atoms with Gasteiger partial charge in [-0.15, -0.1) is 0 Å². The molecule has 0 spiro atoms. The minimum atomic E-state index is -4.49. The molecule has 0 amide bonds. The van der Waals surface area contributed by atoms with Gasteiger partial charge in [0.15, 0.2) is 0 Å². The van der Waals surface area contributed by atoms with Crippen molar-refractivity contribution in [3.63, 3.8) is 0 Å². The largest absolute Gasteiger partial charge is 0.548 e. The number of aliphatic carboxylic acids is 1. The fourth-order valence-electron chi connectivity index (χ4n) is 1.09. The molecule has 7 heteroatoms. The van der Waals surface area contributed by atoms with Crippen molar-refractivity contribution >= 4 is 11.7 Å². The molecule has 0 saturated carbocycles. The molecule has 1 aromatic rings. The highest BCUT2D eigenvalue weighted by atomic mass is 19.4. The van der Waals surface area contributed by atoms with Crippen LogP contribution in [-0.2, 0) is 11.0 Å². The Labute approximate surface area is 89.0 Å². The van der Waals surface area contributed by atoms with Gasteiger partial charge in [0.25, 0.3) is 0 Å². The molecule has 0 aromatic heterocycles. The van der Waals surface area contributed by atoms with E-state index in [9.17, 15) is 23.1 Å². The summed E-state index contributed by atoms with van der Waals surface area (Å²) >= 11 is 0. The number of carboxylic acid groups (broad SMARTS) is 1. The Kier molecular flexibility index (Phi) is 3.38. The van der Waals surface area contributed by atoms with E-state index in [0.717, 1.165) is 18.2 Å². The maximum atomic E-state index is 12.3. The van der Waals surface area contributed by atoms with E-state index in [1.165, 1.54) is 6.07 Å². The first-order valence-electron chi connectivity index (χ1n) is 4.20. The lowest BCUT2D eigenvalue weighted by Crippen LogP contribution is -2.42. The van der Waals surface area contributed by atoms with E-state index < -0.39 is 24.3 Å². The Balaban J connectivity index is 2.94. The Morgan fingerprint density at radius 2 is 2.06 bits per heavy atom. The van der Waals surface area contributed by atoms with E-state index in [1.54, 1.807) is 0 Å². The minimum Gasteiger partial charge on any atom is -0.548 e. The fraction of sp³-hybridized carbons (Fsp3) is 0.222. The van der Waals surface area contributed by atoms with Gasteiger partial charge in [-0.2, -0.15) is 13.2 Å². The molecule has 0 fully saturated rings. The number of anilines is 1. The molecule has 0 aliphatic carbocycles. The summed E-state index contributed by atoms with van der Waals surface area (Å²) in [5.74, 6) is 3.78. The number of alkyl halides is 3. The number of rotatable bonds is 3. The number of carbonyl (C=O) groups is 1. The van der Waals surface area contributed by atoms with Gasteiger partial charge in [0.2, 0.25) is 0 Å². The lowest BCUT2D eigenvalue weighted by atomic mass is 10.2. The summed E-state index contributed by atoms with van der Waals surface area (Å²) in [5.41, 5.74) is -0.933. The van der Waals surface area contributed by atoms with Crippen molar-refractivity contribution in [2.75, 3.05) is 11.6 Å². The summed E-state index contributed by atoms with van der Waals surface area (Å²) in [4.78, 5) is 10.2. The van der Waals surface area contributed by atoms with Gasteiger partial charge in [-0.1, -0.05) is 6.07 Å². The molecule has 0 bridgehead atoms. The zero-order valence-electron chi connectivity index (χ0n) is 7.99. The van der Waals surface area contributed by atoms with Gasteiger partial charge >= 0.3 is 6.18 Å². The number of hydrogen-bond acceptors (Lipinski definition) is 4. The highest BCUT2D eigenvalue weighted by molar-refractivity contribution is 5.71. The second kappa shape index (κ2) is 4.40. The van der Waals surface area contributed by atoms with E-state index in [1.807, 2.05) is 0 Å². The number of nitrogens with zero attached hydrogens (tertiary/aromatic N) is 1. The molecule has 0 unspecified atom stereocenters. The maximum absolute atomic E-state index is 12.3. The average Bonchev–Trinajstić information content (AvgIpc) is 2.15. The normalized spacial score (nSPS) is 11.2. The predicted molar refractivity (Wildman–Crippen MR) is 48.0 cm³/mol. The van der Waals surface area contributed by atoms with E-state index in [4.69, 9.17) is 5.84 Å². The van der Waals surface area contributed by atoms with Crippen LogP contribution in [0.1, 0.15) is 5.56 Å². The monoisotopic (exact) mass is 233 g/mol. The molecule has 1 aromatic carbocycles. The van der Waals surface area contributed by atoms with Gasteiger partial charge in [0.1, 0.15) is 0 Å². The Morgan fingerprint density at radius 3 is 2.56 bits per heavy atom. The Bertz CT molecular complexity index is 393. The van der Waals surface area contributed by atoms with E-state index in [0.29, 0.717) is 5.01 Å². The van der Waals surface area contributed by atoms with Gasteiger partial charge < -0.3 is 14.9 Å². The number of hydrazine groups is 1. The standard InChI is InChI=1S/C9H9F3N2O2/c10-9(11,12)6-2-1-3-7(4-6)14(13)5-8(15)16/h1-4H,5,13H2,(H,15,16)/p-1. The van der Waals surface area contributed by atoms with Crippen LogP contribution in [0.2, 0.25) is 0 Å². The van der Waals surface area contributed by atoms with Crippen molar-refractivity contribution in [1.82, 2.24) is 0 Å².